The number of carbonyl (C=O) groups is 2. The third-order valence-corrected chi connectivity index (χ3v) is 3.98. The molecule has 1 amide bonds. The summed E-state index contributed by atoms with van der Waals surface area (Å²) < 4.78 is 1.51. The van der Waals surface area contributed by atoms with Crippen molar-refractivity contribution in [1.82, 2.24) is 0 Å². The fourth-order valence-electron chi connectivity index (χ4n) is 1.59. The number of aliphatic carboxylic acids is 1. The minimum Gasteiger partial charge on any atom is -0.481 e. The second-order valence-corrected chi connectivity index (χ2v) is 5.58. The molecule has 2 N–H and O–H groups in total. The molecule has 0 radical (unpaired) electrons. The number of rotatable bonds is 3. The van der Waals surface area contributed by atoms with Crippen molar-refractivity contribution in [3.63, 3.8) is 0 Å². The van der Waals surface area contributed by atoms with Crippen molar-refractivity contribution in [2.75, 3.05) is 5.32 Å². The van der Waals surface area contributed by atoms with Crippen molar-refractivity contribution in [3.8, 4) is 0 Å². The monoisotopic (exact) mass is 361 g/mol. The predicted molar refractivity (Wildman–Crippen MR) is 69.7 cm³/mol. The average molecular weight is 363 g/mol. The van der Waals surface area contributed by atoms with E-state index in [0.717, 1.165) is 8.95 Å². The summed E-state index contributed by atoms with van der Waals surface area (Å²) in [6.07, 6.45) is 0.420. The van der Waals surface area contributed by atoms with Crippen LogP contribution in [0, 0.1) is 11.8 Å². The van der Waals surface area contributed by atoms with Gasteiger partial charge in [0.25, 0.3) is 0 Å². The first-order valence-corrected chi connectivity index (χ1v) is 6.57. The van der Waals surface area contributed by atoms with Crippen molar-refractivity contribution < 1.29 is 14.7 Å². The quantitative estimate of drug-likeness (QED) is 0.868. The molecule has 0 bridgehead atoms. The maximum Gasteiger partial charge on any atom is 0.307 e. The maximum atomic E-state index is 11.8. The summed E-state index contributed by atoms with van der Waals surface area (Å²) in [6.45, 7) is 0. The van der Waals surface area contributed by atoms with Gasteiger partial charge in [0.2, 0.25) is 5.91 Å². The van der Waals surface area contributed by atoms with Gasteiger partial charge in [-0.05, 0) is 50.4 Å². The molecule has 4 nitrogen and oxygen atoms in total. The molecule has 0 aromatic heterocycles. The molecular weight excluding hydrogens is 354 g/mol. The third-order valence-electron chi connectivity index (χ3n) is 2.66. The van der Waals surface area contributed by atoms with Gasteiger partial charge in [0, 0.05) is 8.95 Å². The van der Waals surface area contributed by atoms with Crippen molar-refractivity contribution in [2.24, 2.45) is 11.8 Å². The van der Waals surface area contributed by atoms with E-state index in [1.165, 1.54) is 0 Å². The van der Waals surface area contributed by atoms with Crippen LogP contribution >= 0.6 is 31.9 Å². The van der Waals surface area contributed by atoms with Crippen molar-refractivity contribution in [3.05, 3.63) is 27.1 Å². The molecule has 0 heterocycles. The molecule has 1 aliphatic rings. The van der Waals surface area contributed by atoms with Gasteiger partial charge in [-0.15, -0.1) is 0 Å². The summed E-state index contributed by atoms with van der Waals surface area (Å²) in [7, 11) is 0. The van der Waals surface area contributed by atoms with Crippen molar-refractivity contribution in [2.45, 2.75) is 6.42 Å². The molecule has 1 aliphatic carbocycles. The molecule has 1 fully saturated rings. The van der Waals surface area contributed by atoms with Gasteiger partial charge in [-0.25, -0.2) is 0 Å². The second kappa shape index (κ2) is 4.78. The number of amides is 1. The fourth-order valence-corrected chi connectivity index (χ4v) is 2.79. The van der Waals surface area contributed by atoms with Crippen LogP contribution in [0.5, 0.6) is 0 Å². The Morgan fingerprint density at radius 1 is 1.24 bits per heavy atom. The highest BCUT2D eigenvalue weighted by Crippen LogP contribution is 2.40. The lowest BCUT2D eigenvalue weighted by Crippen LogP contribution is -2.17. The Hall–Kier alpha value is -0.880. The van der Waals surface area contributed by atoms with Gasteiger partial charge >= 0.3 is 5.97 Å². The predicted octanol–water partition coefficient (Wildman–Crippen LogP) is 2.87. The van der Waals surface area contributed by atoms with Gasteiger partial charge in [-0.1, -0.05) is 6.07 Å². The number of halogens is 2. The van der Waals surface area contributed by atoms with Crippen LogP contribution in [0.3, 0.4) is 0 Å². The zero-order valence-corrected chi connectivity index (χ0v) is 11.8. The zero-order valence-electron chi connectivity index (χ0n) is 8.61. The largest absolute Gasteiger partial charge is 0.481 e. The fraction of sp³-hybridized carbons (Fsp3) is 0.273. The third kappa shape index (κ3) is 2.69. The molecule has 6 heteroatoms. The number of para-hydroxylation sites is 1. The molecule has 2 rings (SSSR count). The SMILES string of the molecule is O=C(O)[C@H]1C[C@H]1C(=O)Nc1c(Br)cccc1Br. The van der Waals surface area contributed by atoms with Crippen molar-refractivity contribution >= 4 is 49.4 Å². The lowest BCUT2D eigenvalue weighted by atomic mass is 10.2. The Kier molecular flexibility index (Phi) is 3.53. The summed E-state index contributed by atoms with van der Waals surface area (Å²) >= 11 is 6.66. The molecular formula is C11H9Br2NO3. The average Bonchev–Trinajstić information content (AvgIpc) is 3.03. The van der Waals surface area contributed by atoms with E-state index in [0.29, 0.717) is 12.1 Å². The summed E-state index contributed by atoms with van der Waals surface area (Å²) in [4.78, 5) is 22.4. The van der Waals surface area contributed by atoms with Gasteiger partial charge < -0.3 is 10.4 Å². The molecule has 17 heavy (non-hydrogen) atoms. The number of nitrogens with one attached hydrogen (secondary N) is 1. The highest BCUT2D eigenvalue weighted by Gasteiger charge is 2.48. The maximum absolute atomic E-state index is 11.8. The first-order valence-electron chi connectivity index (χ1n) is 4.98. The van der Waals surface area contributed by atoms with E-state index >= 15 is 0 Å². The standard InChI is InChI=1S/C11H9Br2NO3/c12-7-2-1-3-8(13)9(7)14-10(15)5-4-6(5)11(16)17/h1-3,5-6H,4H2,(H,14,15)(H,16,17)/t5-,6+/m1/s1. The molecule has 0 spiro atoms. The molecule has 1 aromatic rings. The Bertz CT molecular complexity index is 469. The summed E-state index contributed by atoms with van der Waals surface area (Å²) in [5.74, 6) is -2.09. The molecule has 1 saturated carbocycles. The van der Waals surface area contributed by atoms with Gasteiger partial charge in [0.05, 0.1) is 17.5 Å². The van der Waals surface area contributed by atoms with E-state index < -0.39 is 17.8 Å². The number of anilines is 1. The van der Waals surface area contributed by atoms with Gasteiger partial charge in [0.15, 0.2) is 0 Å². The number of carbonyl (C=O) groups excluding carboxylic acids is 1. The van der Waals surface area contributed by atoms with Crippen LogP contribution in [0.2, 0.25) is 0 Å². The van der Waals surface area contributed by atoms with Gasteiger partial charge in [0.1, 0.15) is 0 Å². The van der Waals surface area contributed by atoms with Crippen molar-refractivity contribution in [1.29, 1.82) is 0 Å². The second-order valence-electron chi connectivity index (χ2n) is 3.87. The summed E-state index contributed by atoms with van der Waals surface area (Å²) in [5.41, 5.74) is 0.633. The van der Waals surface area contributed by atoms with Gasteiger partial charge in [-0.2, -0.15) is 0 Å². The number of hydrogen-bond acceptors (Lipinski definition) is 2. The highest BCUT2D eigenvalue weighted by molar-refractivity contribution is 9.11. The first kappa shape index (κ1) is 12.6. The lowest BCUT2D eigenvalue weighted by Gasteiger charge is -2.08. The number of benzene rings is 1. The minimum absolute atomic E-state index is 0.245. The van der Waals surface area contributed by atoms with Crippen LogP contribution < -0.4 is 5.32 Å². The Labute approximate surface area is 115 Å². The molecule has 1 aromatic carbocycles. The molecule has 0 unspecified atom stereocenters. The first-order chi connectivity index (χ1) is 8.00. The van der Waals surface area contributed by atoms with E-state index in [1.54, 1.807) is 0 Å². The minimum atomic E-state index is -0.906. The van der Waals surface area contributed by atoms with Crippen LogP contribution in [-0.4, -0.2) is 17.0 Å². The Morgan fingerprint density at radius 3 is 2.29 bits per heavy atom. The van der Waals surface area contributed by atoms with Crippen LogP contribution in [-0.2, 0) is 9.59 Å². The van der Waals surface area contributed by atoms with E-state index in [4.69, 9.17) is 5.11 Å². The van der Waals surface area contributed by atoms with E-state index in [2.05, 4.69) is 37.2 Å². The van der Waals surface area contributed by atoms with E-state index in [9.17, 15) is 9.59 Å². The van der Waals surface area contributed by atoms with Gasteiger partial charge in [-0.3, -0.25) is 9.59 Å². The summed E-state index contributed by atoms with van der Waals surface area (Å²) in [5, 5.41) is 11.5. The van der Waals surface area contributed by atoms with Crippen LogP contribution in [0.4, 0.5) is 5.69 Å². The Balaban J connectivity index is 2.07. The smallest absolute Gasteiger partial charge is 0.307 e. The molecule has 0 saturated heterocycles. The summed E-state index contributed by atoms with van der Waals surface area (Å²) in [6, 6.07) is 5.45. The molecule has 90 valence electrons. The number of hydrogen-bond donors (Lipinski definition) is 2. The van der Waals surface area contributed by atoms with Crippen LogP contribution in [0.1, 0.15) is 6.42 Å². The van der Waals surface area contributed by atoms with Crippen LogP contribution in [0.25, 0.3) is 0 Å². The van der Waals surface area contributed by atoms with E-state index in [1.807, 2.05) is 18.2 Å². The Morgan fingerprint density at radius 2 is 1.82 bits per heavy atom. The molecule has 2 atom stereocenters. The normalized spacial score (nSPS) is 22.0. The number of carboxylic acids is 1. The number of carboxylic acid groups (broad SMARTS) is 1. The topological polar surface area (TPSA) is 66.4 Å². The van der Waals surface area contributed by atoms with E-state index in [-0.39, 0.29) is 5.91 Å². The lowest BCUT2D eigenvalue weighted by molar-refractivity contribution is -0.139. The van der Waals surface area contributed by atoms with Crippen LogP contribution in [0.15, 0.2) is 27.1 Å². The zero-order chi connectivity index (χ0) is 12.6. The highest BCUT2D eigenvalue weighted by atomic mass is 79.9. The molecule has 0 aliphatic heterocycles.